The molecule has 0 aliphatic carbocycles. The SMILES string of the molecule is CC(C)(C)OC(=O)N1CCN2c3cc([N+](=O)[O-])cc(Br)c3OC[C@H]2C1. The van der Waals surface area contributed by atoms with E-state index >= 15 is 0 Å². The van der Waals surface area contributed by atoms with E-state index in [2.05, 4.69) is 20.8 Å². The van der Waals surface area contributed by atoms with E-state index in [9.17, 15) is 14.9 Å². The first-order valence-electron chi connectivity index (χ1n) is 8.01. The molecule has 1 saturated heterocycles. The van der Waals surface area contributed by atoms with Crippen molar-refractivity contribution >= 4 is 33.4 Å². The van der Waals surface area contributed by atoms with Crippen molar-refractivity contribution in [3.63, 3.8) is 0 Å². The molecule has 0 N–H and O–H groups in total. The topological polar surface area (TPSA) is 85.2 Å². The fourth-order valence-electron chi connectivity index (χ4n) is 3.01. The summed E-state index contributed by atoms with van der Waals surface area (Å²) in [4.78, 5) is 26.7. The summed E-state index contributed by atoms with van der Waals surface area (Å²) < 4.78 is 11.8. The molecule has 8 nitrogen and oxygen atoms in total. The van der Waals surface area contributed by atoms with Gasteiger partial charge < -0.3 is 19.3 Å². The molecule has 1 atom stereocenters. The van der Waals surface area contributed by atoms with Gasteiger partial charge in [0.25, 0.3) is 5.69 Å². The average Bonchev–Trinajstić information content (AvgIpc) is 2.52. The van der Waals surface area contributed by atoms with Gasteiger partial charge in [-0.1, -0.05) is 0 Å². The van der Waals surface area contributed by atoms with Crippen LogP contribution in [0.1, 0.15) is 20.8 Å². The minimum atomic E-state index is -0.546. The van der Waals surface area contributed by atoms with Gasteiger partial charge in [-0.2, -0.15) is 0 Å². The lowest BCUT2D eigenvalue weighted by molar-refractivity contribution is -0.384. The second-order valence-electron chi connectivity index (χ2n) is 7.12. The highest BCUT2D eigenvalue weighted by atomic mass is 79.9. The number of hydrogen-bond donors (Lipinski definition) is 0. The lowest BCUT2D eigenvalue weighted by Gasteiger charge is -2.45. The first kappa shape index (κ1) is 17.8. The molecule has 136 valence electrons. The highest BCUT2D eigenvalue weighted by molar-refractivity contribution is 9.10. The summed E-state index contributed by atoms with van der Waals surface area (Å²) in [5, 5.41) is 11.1. The largest absolute Gasteiger partial charge is 0.488 e. The van der Waals surface area contributed by atoms with Gasteiger partial charge in [-0.3, -0.25) is 10.1 Å². The van der Waals surface area contributed by atoms with Gasteiger partial charge in [0.2, 0.25) is 0 Å². The molecule has 1 aromatic carbocycles. The number of halogens is 1. The lowest BCUT2D eigenvalue weighted by Crippen LogP contribution is -2.59. The minimum absolute atomic E-state index is 0.00412. The van der Waals surface area contributed by atoms with Crippen LogP contribution in [0.4, 0.5) is 16.2 Å². The Bertz CT molecular complexity index is 718. The molecule has 0 radical (unpaired) electrons. The van der Waals surface area contributed by atoms with Gasteiger partial charge >= 0.3 is 6.09 Å². The first-order valence-corrected chi connectivity index (χ1v) is 8.80. The third kappa shape index (κ3) is 3.65. The predicted octanol–water partition coefficient (Wildman–Crippen LogP) is 3.18. The molecule has 9 heteroatoms. The van der Waals surface area contributed by atoms with Crippen molar-refractivity contribution in [1.82, 2.24) is 4.90 Å². The van der Waals surface area contributed by atoms with E-state index < -0.39 is 10.5 Å². The molecule has 1 fully saturated rings. The van der Waals surface area contributed by atoms with Crippen LogP contribution in [-0.2, 0) is 4.74 Å². The summed E-state index contributed by atoms with van der Waals surface area (Å²) in [6.07, 6.45) is -0.349. The number of carbonyl (C=O) groups is 1. The molecule has 1 aromatic rings. The normalized spacial score (nSPS) is 19.6. The number of piperazine rings is 1. The second kappa shape index (κ2) is 6.36. The Kier molecular flexibility index (Phi) is 4.52. The highest BCUT2D eigenvalue weighted by Crippen LogP contribution is 2.43. The zero-order chi connectivity index (χ0) is 18.4. The Labute approximate surface area is 153 Å². The summed E-state index contributed by atoms with van der Waals surface area (Å²) in [7, 11) is 0. The summed E-state index contributed by atoms with van der Waals surface area (Å²) >= 11 is 3.35. The van der Waals surface area contributed by atoms with E-state index in [0.29, 0.717) is 42.2 Å². The molecule has 1 amide bonds. The Balaban J connectivity index is 1.81. The van der Waals surface area contributed by atoms with Crippen LogP contribution in [-0.4, -0.2) is 53.8 Å². The number of amides is 1. The maximum atomic E-state index is 12.3. The number of non-ortho nitro benzene ring substituents is 1. The van der Waals surface area contributed by atoms with Crippen LogP contribution >= 0.6 is 15.9 Å². The van der Waals surface area contributed by atoms with Crippen molar-refractivity contribution in [1.29, 1.82) is 0 Å². The zero-order valence-electron chi connectivity index (χ0n) is 14.3. The summed E-state index contributed by atoms with van der Waals surface area (Å²) in [6.45, 7) is 7.41. The number of nitrogens with zero attached hydrogens (tertiary/aromatic N) is 3. The second-order valence-corrected chi connectivity index (χ2v) is 7.97. The van der Waals surface area contributed by atoms with Gasteiger partial charge in [-0.15, -0.1) is 0 Å². The highest BCUT2D eigenvalue weighted by Gasteiger charge is 2.37. The Morgan fingerprint density at radius 3 is 2.76 bits per heavy atom. The van der Waals surface area contributed by atoms with E-state index in [-0.39, 0.29) is 17.8 Å². The predicted molar refractivity (Wildman–Crippen MR) is 95.2 cm³/mol. The molecular formula is C16H20BrN3O5. The van der Waals surface area contributed by atoms with Crippen molar-refractivity contribution in [2.24, 2.45) is 0 Å². The van der Waals surface area contributed by atoms with Gasteiger partial charge in [0.05, 0.1) is 21.1 Å². The third-order valence-electron chi connectivity index (χ3n) is 4.08. The van der Waals surface area contributed by atoms with Crippen molar-refractivity contribution in [3.05, 3.63) is 26.7 Å². The van der Waals surface area contributed by atoms with E-state index in [1.54, 1.807) is 4.90 Å². The van der Waals surface area contributed by atoms with Gasteiger partial charge in [0.15, 0.2) is 5.75 Å². The minimum Gasteiger partial charge on any atom is -0.488 e. The Morgan fingerprint density at radius 1 is 1.40 bits per heavy atom. The van der Waals surface area contributed by atoms with Crippen LogP contribution in [0.2, 0.25) is 0 Å². The first-order chi connectivity index (χ1) is 11.7. The van der Waals surface area contributed by atoms with Crippen LogP contribution in [0.25, 0.3) is 0 Å². The van der Waals surface area contributed by atoms with Crippen LogP contribution in [0.5, 0.6) is 5.75 Å². The zero-order valence-corrected chi connectivity index (χ0v) is 15.9. The summed E-state index contributed by atoms with van der Waals surface area (Å²) in [5.74, 6) is 0.604. The molecule has 0 aromatic heterocycles. The van der Waals surface area contributed by atoms with E-state index in [4.69, 9.17) is 9.47 Å². The number of fused-ring (bicyclic) bond motifs is 3. The number of nitro groups is 1. The molecule has 0 spiro atoms. The van der Waals surface area contributed by atoms with Crippen molar-refractivity contribution in [2.75, 3.05) is 31.1 Å². The molecule has 0 unspecified atom stereocenters. The fourth-order valence-corrected chi connectivity index (χ4v) is 3.57. The van der Waals surface area contributed by atoms with Gasteiger partial charge in [0, 0.05) is 31.8 Å². The Morgan fingerprint density at radius 2 is 2.12 bits per heavy atom. The van der Waals surface area contributed by atoms with Crippen LogP contribution in [0.15, 0.2) is 16.6 Å². The molecule has 0 saturated carbocycles. The molecule has 2 aliphatic heterocycles. The third-order valence-corrected chi connectivity index (χ3v) is 4.67. The lowest BCUT2D eigenvalue weighted by atomic mass is 10.1. The van der Waals surface area contributed by atoms with Crippen LogP contribution < -0.4 is 9.64 Å². The summed E-state index contributed by atoms with van der Waals surface area (Å²) in [5.41, 5.74) is 0.139. The number of anilines is 1. The smallest absolute Gasteiger partial charge is 0.410 e. The van der Waals surface area contributed by atoms with Gasteiger partial charge in [-0.05, 0) is 36.7 Å². The molecule has 2 aliphatic rings. The average molecular weight is 414 g/mol. The van der Waals surface area contributed by atoms with Gasteiger partial charge in [0.1, 0.15) is 12.2 Å². The number of ether oxygens (including phenoxy) is 2. The van der Waals surface area contributed by atoms with Crippen molar-refractivity contribution in [3.8, 4) is 5.75 Å². The van der Waals surface area contributed by atoms with Gasteiger partial charge in [-0.25, -0.2) is 4.79 Å². The number of hydrogen-bond acceptors (Lipinski definition) is 6. The Hall–Kier alpha value is -2.03. The number of nitro benzene ring substituents is 1. The van der Waals surface area contributed by atoms with Crippen molar-refractivity contribution in [2.45, 2.75) is 32.4 Å². The number of benzene rings is 1. The maximum absolute atomic E-state index is 12.3. The number of carbonyl (C=O) groups excluding carboxylic acids is 1. The molecule has 2 heterocycles. The van der Waals surface area contributed by atoms with Crippen LogP contribution in [0.3, 0.4) is 0 Å². The van der Waals surface area contributed by atoms with E-state index in [0.717, 1.165) is 0 Å². The molecule has 3 rings (SSSR count). The van der Waals surface area contributed by atoms with E-state index in [1.807, 2.05) is 20.8 Å². The molecule has 25 heavy (non-hydrogen) atoms. The molecule has 0 bridgehead atoms. The summed E-state index contributed by atoms with van der Waals surface area (Å²) in [6, 6.07) is 2.90. The molecular weight excluding hydrogens is 394 g/mol. The monoisotopic (exact) mass is 413 g/mol. The maximum Gasteiger partial charge on any atom is 0.410 e. The number of rotatable bonds is 1. The quantitative estimate of drug-likeness (QED) is 0.519. The fraction of sp³-hybridized carbons (Fsp3) is 0.562. The van der Waals surface area contributed by atoms with Crippen molar-refractivity contribution < 1.29 is 19.2 Å². The standard InChI is InChI=1S/C16H20BrN3O5/c1-16(2,3)25-15(21)18-4-5-19-11(8-18)9-24-14-12(17)6-10(20(22)23)7-13(14)19/h6-7,11H,4-5,8-9H2,1-3H3/t11-/m1/s1. The van der Waals surface area contributed by atoms with E-state index in [1.165, 1.54) is 12.1 Å². The van der Waals surface area contributed by atoms with Crippen LogP contribution in [0, 0.1) is 10.1 Å².